The SMILES string of the molecule is COCCCC(=O)C(O)C1CC1. The molecule has 0 heterocycles. The quantitative estimate of drug-likeness (QED) is 0.601. The van der Waals surface area contributed by atoms with Gasteiger partial charge in [0.05, 0.1) is 0 Å². The van der Waals surface area contributed by atoms with Crippen LogP contribution < -0.4 is 0 Å². The van der Waals surface area contributed by atoms with Gasteiger partial charge in [0.25, 0.3) is 0 Å². The molecule has 0 saturated heterocycles. The Morgan fingerprint density at radius 3 is 2.83 bits per heavy atom. The highest BCUT2D eigenvalue weighted by molar-refractivity contribution is 5.83. The molecule has 0 spiro atoms. The second-order valence-electron chi connectivity index (χ2n) is 3.34. The fourth-order valence-corrected chi connectivity index (χ4v) is 1.21. The van der Waals surface area contributed by atoms with Gasteiger partial charge in [-0.2, -0.15) is 0 Å². The van der Waals surface area contributed by atoms with Gasteiger partial charge in [-0.1, -0.05) is 0 Å². The third-order valence-corrected chi connectivity index (χ3v) is 2.17. The lowest BCUT2D eigenvalue weighted by molar-refractivity contribution is -0.128. The van der Waals surface area contributed by atoms with E-state index < -0.39 is 6.10 Å². The molecule has 0 bridgehead atoms. The summed E-state index contributed by atoms with van der Waals surface area (Å²) < 4.78 is 4.81. The summed E-state index contributed by atoms with van der Waals surface area (Å²) in [7, 11) is 1.61. The third kappa shape index (κ3) is 2.91. The lowest BCUT2D eigenvalue weighted by Crippen LogP contribution is -2.22. The Kier molecular flexibility index (Phi) is 3.69. The molecule has 0 radical (unpaired) electrons. The van der Waals surface area contributed by atoms with Crippen molar-refractivity contribution in [1.82, 2.24) is 0 Å². The fourth-order valence-electron chi connectivity index (χ4n) is 1.21. The van der Waals surface area contributed by atoms with E-state index in [-0.39, 0.29) is 11.7 Å². The molecular formula is C9H16O3. The van der Waals surface area contributed by atoms with Crippen molar-refractivity contribution in [3.8, 4) is 0 Å². The molecule has 1 aliphatic carbocycles. The van der Waals surface area contributed by atoms with Gasteiger partial charge in [-0.15, -0.1) is 0 Å². The summed E-state index contributed by atoms with van der Waals surface area (Å²) in [6.45, 7) is 0.600. The van der Waals surface area contributed by atoms with Crippen molar-refractivity contribution in [2.75, 3.05) is 13.7 Å². The number of ether oxygens (including phenoxy) is 1. The molecule has 3 nitrogen and oxygen atoms in total. The Hall–Kier alpha value is -0.410. The molecule has 1 aliphatic rings. The van der Waals surface area contributed by atoms with Crippen LogP contribution in [0.25, 0.3) is 0 Å². The minimum absolute atomic E-state index is 0.0189. The molecule has 70 valence electrons. The van der Waals surface area contributed by atoms with E-state index in [0.717, 1.165) is 19.3 Å². The predicted molar refractivity (Wildman–Crippen MR) is 44.8 cm³/mol. The molecule has 0 aromatic heterocycles. The number of hydrogen-bond acceptors (Lipinski definition) is 3. The summed E-state index contributed by atoms with van der Waals surface area (Å²) in [6.07, 6.45) is 2.50. The van der Waals surface area contributed by atoms with Gasteiger partial charge < -0.3 is 9.84 Å². The number of hydrogen-bond donors (Lipinski definition) is 1. The molecule has 0 aromatic carbocycles. The number of aliphatic hydroxyl groups is 1. The maximum atomic E-state index is 11.2. The highest BCUT2D eigenvalue weighted by atomic mass is 16.5. The Morgan fingerprint density at radius 1 is 1.67 bits per heavy atom. The van der Waals surface area contributed by atoms with E-state index in [1.165, 1.54) is 0 Å². The van der Waals surface area contributed by atoms with Crippen molar-refractivity contribution in [3.63, 3.8) is 0 Å². The molecule has 1 saturated carbocycles. The molecule has 0 aromatic rings. The van der Waals surface area contributed by atoms with Crippen LogP contribution in [0.4, 0.5) is 0 Å². The molecular weight excluding hydrogens is 156 g/mol. The monoisotopic (exact) mass is 172 g/mol. The average molecular weight is 172 g/mol. The normalized spacial score (nSPS) is 19.2. The molecule has 3 heteroatoms. The molecule has 1 atom stereocenters. The maximum absolute atomic E-state index is 11.2. The second-order valence-corrected chi connectivity index (χ2v) is 3.34. The van der Waals surface area contributed by atoms with Crippen LogP contribution in [-0.4, -0.2) is 30.7 Å². The molecule has 1 fully saturated rings. The number of methoxy groups -OCH3 is 1. The van der Waals surface area contributed by atoms with E-state index in [1.807, 2.05) is 0 Å². The summed E-state index contributed by atoms with van der Waals surface area (Å²) in [5, 5.41) is 9.37. The lowest BCUT2D eigenvalue weighted by Gasteiger charge is -2.06. The van der Waals surface area contributed by atoms with Crippen molar-refractivity contribution in [3.05, 3.63) is 0 Å². The van der Waals surface area contributed by atoms with E-state index in [4.69, 9.17) is 4.74 Å². The summed E-state index contributed by atoms with van der Waals surface area (Å²) in [4.78, 5) is 11.2. The van der Waals surface area contributed by atoms with Crippen LogP contribution >= 0.6 is 0 Å². The molecule has 0 amide bonds. The van der Waals surface area contributed by atoms with Crippen LogP contribution in [0.3, 0.4) is 0 Å². The number of carbonyl (C=O) groups is 1. The first kappa shape index (κ1) is 9.68. The van der Waals surface area contributed by atoms with E-state index in [1.54, 1.807) is 7.11 Å². The molecule has 1 rings (SSSR count). The van der Waals surface area contributed by atoms with E-state index in [9.17, 15) is 9.90 Å². The zero-order valence-corrected chi connectivity index (χ0v) is 7.45. The van der Waals surface area contributed by atoms with Crippen molar-refractivity contribution in [1.29, 1.82) is 0 Å². The summed E-state index contributed by atoms with van der Waals surface area (Å²) in [6, 6.07) is 0. The van der Waals surface area contributed by atoms with Crippen LogP contribution in [0.15, 0.2) is 0 Å². The number of aliphatic hydroxyl groups excluding tert-OH is 1. The van der Waals surface area contributed by atoms with Gasteiger partial charge in [-0.25, -0.2) is 0 Å². The molecule has 0 aliphatic heterocycles. The minimum Gasteiger partial charge on any atom is -0.385 e. The first-order chi connectivity index (χ1) is 5.75. The summed E-state index contributed by atoms with van der Waals surface area (Å²) in [5.41, 5.74) is 0. The standard InChI is InChI=1S/C9H16O3/c1-12-6-2-3-8(10)9(11)7-4-5-7/h7,9,11H,2-6H2,1H3. The number of carbonyl (C=O) groups excluding carboxylic acids is 1. The van der Waals surface area contributed by atoms with Crippen LogP contribution in [0.1, 0.15) is 25.7 Å². The van der Waals surface area contributed by atoms with Gasteiger partial charge in [-0.05, 0) is 25.2 Å². The molecule has 1 unspecified atom stereocenters. The third-order valence-electron chi connectivity index (χ3n) is 2.17. The lowest BCUT2D eigenvalue weighted by atomic mass is 10.1. The largest absolute Gasteiger partial charge is 0.385 e. The van der Waals surface area contributed by atoms with Crippen LogP contribution in [0, 0.1) is 5.92 Å². The summed E-state index contributed by atoms with van der Waals surface area (Å²) in [5.74, 6) is 0.245. The summed E-state index contributed by atoms with van der Waals surface area (Å²) >= 11 is 0. The zero-order valence-electron chi connectivity index (χ0n) is 7.45. The van der Waals surface area contributed by atoms with E-state index >= 15 is 0 Å². The zero-order chi connectivity index (χ0) is 8.97. The Morgan fingerprint density at radius 2 is 2.33 bits per heavy atom. The smallest absolute Gasteiger partial charge is 0.161 e. The molecule has 1 N–H and O–H groups in total. The van der Waals surface area contributed by atoms with E-state index in [2.05, 4.69) is 0 Å². The van der Waals surface area contributed by atoms with Gasteiger partial charge in [0, 0.05) is 20.1 Å². The average Bonchev–Trinajstić information content (AvgIpc) is 2.86. The topological polar surface area (TPSA) is 46.5 Å². The highest BCUT2D eigenvalue weighted by Crippen LogP contribution is 2.33. The Balaban J connectivity index is 2.09. The van der Waals surface area contributed by atoms with Gasteiger partial charge in [0.1, 0.15) is 6.10 Å². The Labute approximate surface area is 72.7 Å². The maximum Gasteiger partial charge on any atom is 0.161 e. The number of rotatable bonds is 6. The Bertz CT molecular complexity index is 152. The first-order valence-corrected chi connectivity index (χ1v) is 4.45. The van der Waals surface area contributed by atoms with E-state index in [0.29, 0.717) is 13.0 Å². The minimum atomic E-state index is -0.693. The van der Waals surface area contributed by atoms with Gasteiger partial charge >= 0.3 is 0 Å². The first-order valence-electron chi connectivity index (χ1n) is 4.45. The second kappa shape index (κ2) is 4.58. The van der Waals surface area contributed by atoms with Crippen LogP contribution in [0.5, 0.6) is 0 Å². The van der Waals surface area contributed by atoms with Crippen molar-refractivity contribution < 1.29 is 14.6 Å². The number of ketones is 1. The van der Waals surface area contributed by atoms with Crippen molar-refractivity contribution >= 4 is 5.78 Å². The van der Waals surface area contributed by atoms with Crippen molar-refractivity contribution in [2.24, 2.45) is 5.92 Å². The van der Waals surface area contributed by atoms with Gasteiger partial charge in [-0.3, -0.25) is 4.79 Å². The van der Waals surface area contributed by atoms with Gasteiger partial charge in [0.15, 0.2) is 5.78 Å². The highest BCUT2D eigenvalue weighted by Gasteiger charge is 2.33. The van der Waals surface area contributed by atoms with Crippen molar-refractivity contribution in [2.45, 2.75) is 31.8 Å². The van der Waals surface area contributed by atoms with Gasteiger partial charge in [0.2, 0.25) is 0 Å². The predicted octanol–water partition coefficient (Wildman–Crippen LogP) is 0.753. The fraction of sp³-hybridized carbons (Fsp3) is 0.889. The number of Topliss-reactive ketones (excluding diaryl/α,β-unsaturated/α-hetero) is 1. The molecule has 12 heavy (non-hydrogen) atoms. The van der Waals surface area contributed by atoms with Crippen LogP contribution in [-0.2, 0) is 9.53 Å². The van der Waals surface area contributed by atoms with Crippen LogP contribution in [0.2, 0.25) is 0 Å².